The van der Waals surface area contributed by atoms with E-state index in [9.17, 15) is 13.6 Å². The molecule has 1 amide bonds. The van der Waals surface area contributed by atoms with Crippen LogP contribution in [0.15, 0.2) is 29.5 Å². The molecular weight excluding hydrogens is 246 g/mol. The molecule has 1 heterocycles. The lowest BCUT2D eigenvalue weighted by atomic mass is 10.3. The molecular formula is C9H4F2N6O. The van der Waals surface area contributed by atoms with Gasteiger partial charge in [0.15, 0.2) is 23.0 Å². The Labute approximate surface area is 98.3 Å². The molecule has 2 aromatic rings. The van der Waals surface area contributed by atoms with Gasteiger partial charge in [-0.1, -0.05) is 6.07 Å². The minimum Gasteiger partial charge on any atom is -0.285 e. The van der Waals surface area contributed by atoms with E-state index in [0.717, 1.165) is 18.3 Å². The van der Waals surface area contributed by atoms with Crippen LogP contribution in [0.3, 0.4) is 0 Å². The molecule has 7 nitrogen and oxygen atoms in total. The molecule has 0 radical (unpaired) electrons. The number of benzene rings is 1. The van der Waals surface area contributed by atoms with Crippen LogP contribution in [0, 0.1) is 11.6 Å². The van der Waals surface area contributed by atoms with Gasteiger partial charge in [0, 0.05) is 4.91 Å². The highest BCUT2D eigenvalue weighted by molar-refractivity contribution is 5.92. The largest absolute Gasteiger partial charge is 0.285 e. The van der Waals surface area contributed by atoms with Crippen molar-refractivity contribution in [2.24, 2.45) is 5.11 Å². The van der Waals surface area contributed by atoms with Crippen molar-refractivity contribution < 1.29 is 13.6 Å². The first-order chi connectivity index (χ1) is 8.63. The Morgan fingerprint density at radius 3 is 2.67 bits per heavy atom. The molecule has 0 unspecified atom stereocenters. The molecule has 0 aliphatic carbocycles. The number of para-hydroxylation sites is 1. The van der Waals surface area contributed by atoms with Gasteiger partial charge >= 0.3 is 0 Å². The molecule has 0 atom stereocenters. The van der Waals surface area contributed by atoms with Gasteiger partial charge in [0.25, 0.3) is 5.91 Å². The topological polar surface area (TPSA) is 96.5 Å². The lowest BCUT2D eigenvalue weighted by molar-refractivity contribution is 0.0995. The van der Waals surface area contributed by atoms with Crippen LogP contribution in [0.1, 0.15) is 10.5 Å². The van der Waals surface area contributed by atoms with Crippen molar-refractivity contribution in [1.29, 1.82) is 0 Å². The van der Waals surface area contributed by atoms with Gasteiger partial charge in [-0.3, -0.25) is 4.79 Å². The molecule has 90 valence electrons. The average molecular weight is 250 g/mol. The molecule has 0 fully saturated rings. The van der Waals surface area contributed by atoms with Gasteiger partial charge in [0.1, 0.15) is 0 Å². The number of azide groups is 1. The maximum atomic E-state index is 13.4. The van der Waals surface area contributed by atoms with Crippen molar-refractivity contribution in [1.82, 2.24) is 15.0 Å². The Balaban J connectivity index is 2.47. The summed E-state index contributed by atoms with van der Waals surface area (Å²) < 4.78 is 26.8. The van der Waals surface area contributed by atoms with E-state index in [1.807, 2.05) is 0 Å². The SMILES string of the molecule is [N-]=[N+]=NC(=O)c1cnn(-c2c(F)cccc2F)n1. The van der Waals surface area contributed by atoms with E-state index in [1.165, 1.54) is 6.07 Å². The number of hydrogen-bond donors (Lipinski definition) is 0. The van der Waals surface area contributed by atoms with Crippen LogP contribution in [-0.4, -0.2) is 20.9 Å². The summed E-state index contributed by atoms with van der Waals surface area (Å²) >= 11 is 0. The second-order valence-corrected chi connectivity index (χ2v) is 3.08. The second kappa shape index (κ2) is 4.60. The molecule has 0 saturated heterocycles. The molecule has 1 aromatic heterocycles. The quantitative estimate of drug-likeness (QED) is 0.463. The van der Waals surface area contributed by atoms with E-state index in [0.29, 0.717) is 4.80 Å². The summed E-state index contributed by atoms with van der Waals surface area (Å²) in [6.07, 6.45) is 0.947. The average Bonchev–Trinajstić information content (AvgIpc) is 2.78. The summed E-state index contributed by atoms with van der Waals surface area (Å²) in [5, 5.41) is 9.85. The number of amides is 1. The zero-order chi connectivity index (χ0) is 13.1. The highest BCUT2D eigenvalue weighted by atomic mass is 19.1. The van der Waals surface area contributed by atoms with Crippen LogP contribution in [0.25, 0.3) is 16.1 Å². The van der Waals surface area contributed by atoms with Gasteiger partial charge < -0.3 is 0 Å². The highest BCUT2D eigenvalue weighted by Crippen LogP contribution is 2.15. The normalized spacial score (nSPS) is 9.89. The summed E-state index contributed by atoms with van der Waals surface area (Å²) in [6, 6.07) is 3.23. The predicted octanol–water partition coefficient (Wildman–Crippen LogP) is 2.00. The minimum absolute atomic E-state index is 0.310. The Morgan fingerprint density at radius 2 is 2.06 bits per heavy atom. The monoisotopic (exact) mass is 250 g/mol. The number of carbonyl (C=O) groups excluding carboxylic acids is 1. The number of halogens is 2. The van der Waals surface area contributed by atoms with Crippen LogP contribution < -0.4 is 0 Å². The fourth-order valence-corrected chi connectivity index (χ4v) is 1.24. The Morgan fingerprint density at radius 1 is 1.39 bits per heavy atom. The number of rotatable bonds is 2. The first-order valence-corrected chi connectivity index (χ1v) is 4.59. The van der Waals surface area contributed by atoms with E-state index in [-0.39, 0.29) is 5.69 Å². The molecule has 0 aliphatic heterocycles. The number of carbonyl (C=O) groups is 1. The molecule has 0 saturated carbocycles. The number of hydrogen-bond acceptors (Lipinski definition) is 3. The Bertz CT molecular complexity index is 641. The van der Waals surface area contributed by atoms with Gasteiger partial charge in [-0.15, -0.1) is 9.90 Å². The lowest BCUT2D eigenvalue weighted by Gasteiger charge is -2.01. The molecule has 1 aromatic carbocycles. The maximum Gasteiger partial charge on any atom is 0.270 e. The van der Waals surface area contributed by atoms with Crippen molar-refractivity contribution in [3.8, 4) is 5.69 Å². The number of aromatic nitrogens is 3. The first-order valence-electron chi connectivity index (χ1n) is 4.59. The molecule has 0 N–H and O–H groups in total. The van der Waals surface area contributed by atoms with Gasteiger partial charge in [-0.05, 0) is 22.8 Å². The molecule has 0 bridgehead atoms. The molecule has 18 heavy (non-hydrogen) atoms. The fourth-order valence-electron chi connectivity index (χ4n) is 1.24. The Hall–Kier alpha value is -2.80. The summed E-state index contributed by atoms with van der Waals surface area (Å²) in [6.45, 7) is 0. The zero-order valence-corrected chi connectivity index (χ0v) is 8.66. The third-order valence-electron chi connectivity index (χ3n) is 1.98. The summed E-state index contributed by atoms with van der Waals surface area (Å²) in [5.41, 5.74) is 7.25. The maximum absolute atomic E-state index is 13.4. The van der Waals surface area contributed by atoms with Crippen LogP contribution in [-0.2, 0) is 0 Å². The Kier molecular flexibility index (Phi) is 2.98. The van der Waals surface area contributed by atoms with Crippen molar-refractivity contribution >= 4 is 5.91 Å². The van der Waals surface area contributed by atoms with Crippen molar-refractivity contribution in [2.75, 3.05) is 0 Å². The van der Waals surface area contributed by atoms with Crippen molar-refractivity contribution in [3.63, 3.8) is 0 Å². The smallest absolute Gasteiger partial charge is 0.270 e. The summed E-state index contributed by atoms with van der Waals surface area (Å²) in [5.74, 6) is -2.75. The third kappa shape index (κ3) is 2.02. The van der Waals surface area contributed by atoms with Crippen LogP contribution in [0.5, 0.6) is 0 Å². The van der Waals surface area contributed by atoms with Gasteiger partial charge in [0.05, 0.1) is 6.20 Å². The molecule has 9 heteroatoms. The predicted molar refractivity (Wildman–Crippen MR) is 54.8 cm³/mol. The summed E-state index contributed by atoms with van der Waals surface area (Å²) in [7, 11) is 0. The van der Waals surface area contributed by atoms with Gasteiger partial charge in [0.2, 0.25) is 0 Å². The second-order valence-electron chi connectivity index (χ2n) is 3.08. The van der Waals surface area contributed by atoms with Gasteiger partial charge in [-0.25, -0.2) is 8.78 Å². The minimum atomic E-state index is -0.986. The van der Waals surface area contributed by atoms with Crippen LogP contribution >= 0.6 is 0 Å². The van der Waals surface area contributed by atoms with Gasteiger partial charge in [-0.2, -0.15) is 5.10 Å². The van der Waals surface area contributed by atoms with E-state index in [2.05, 4.69) is 20.2 Å². The zero-order valence-electron chi connectivity index (χ0n) is 8.66. The van der Waals surface area contributed by atoms with Crippen molar-refractivity contribution in [2.45, 2.75) is 0 Å². The lowest BCUT2D eigenvalue weighted by Crippen LogP contribution is -2.06. The van der Waals surface area contributed by atoms with E-state index in [1.54, 1.807) is 0 Å². The molecule has 0 aliphatic rings. The third-order valence-corrected chi connectivity index (χ3v) is 1.98. The standard InChI is InChI=1S/C9H4F2N6O/c10-5-2-1-3-6(11)8(5)17-13-4-7(15-17)9(18)14-16-12/h1-4H. The first kappa shape index (κ1) is 11.7. The van der Waals surface area contributed by atoms with Crippen LogP contribution in [0.4, 0.5) is 8.78 Å². The number of nitrogens with zero attached hydrogens (tertiary/aromatic N) is 6. The van der Waals surface area contributed by atoms with E-state index >= 15 is 0 Å². The molecule has 2 rings (SSSR count). The summed E-state index contributed by atoms with van der Waals surface area (Å²) in [4.78, 5) is 14.0. The van der Waals surface area contributed by atoms with E-state index in [4.69, 9.17) is 5.53 Å². The highest BCUT2D eigenvalue weighted by Gasteiger charge is 2.15. The fraction of sp³-hybridized carbons (Fsp3) is 0. The van der Waals surface area contributed by atoms with E-state index < -0.39 is 23.2 Å². The van der Waals surface area contributed by atoms with Crippen molar-refractivity contribution in [3.05, 3.63) is 52.2 Å². The van der Waals surface area contributed by atoms with Crippen LogP contribution in [0.2, 0.25) is 0 Å². The molecule has 0 spiro atoms.